The minimum absolute atomic E-state index is 0.661. The number of hydrogen-bond donors (Lipinski definition) is 2. The topological polar surface area (TPSA) is 106 Å². The average Bonchev–Trinajstić information content (AvgIpc) is 3.30. The number of aromatic amines is 1. The number of piperazine rings is 1. The minimum atomic E-state index is 0.661. The molecule has 2 fully saturated rings. The van der Waals surface area contributed by atoms with Gasteiger partial charge in [-0.3, -0.25) is 4.98 Å². The molecule has 2 aliphatic rings. The van der Waals surface area contributed by atoms with Crippen LogP contribution in [-0.4, -0.2) is 72.4 Å². The summed E-state index contributed by atoms with van der Waals surface area (Å²) in [4.78, 5) is 21.4. The quantitative estimate of drug-likeness (QED) is 0.661. The van der Waals surface area contributed by atoms with Gasteiger partial charge in [-0.05, 0) is 18.2 Å². The predicted octanol–water partition coefficient (Wildman–Crippen LogP) is 1.65. The molecule has 0 bridgehead atoms. The Kier molecular flexibility index (Phi) is 5.48. The molecule has 0 atom stereocenters. The monoisotopic (exact) mass is 416 g/mol. The van der Waals surface area contributed by atoms with Crippen molar-refractivity contribution in [2.24, 2.45) is 0 Å². The lowest BCUT2D eigenvalue weighted by Gasteiger charge is -2.28. The Balaban J connectivity index is 1.40. The van der Waals surface area contributed by atoms with E-state index < -0.39 is 0 Å². The molecule has 3 aromatic heterocycles. The van der Waals surface area contributed by atoms with Gasteiger partial charge in [0.05, 0.1) is 24.5 Å². The van der Waals surface area contributed by atoms with Crippen molar-refractivity contribution in [3.63, 3.8) is 0 Å². The van der Waals surface area contributed by atoms with Crippen LogP contribution in [0.5, 0.6) is 0 Å². The highest BCUT2D eigenvalue weighted by atomic mass is 16.5. The second-order valence-electron chi connectivity index (χ2n) is 7.60. The summed E-state index contributed by atoms with van der Waals surface area (Å²) in [6, 6.07) is 8.18. The number of aromatic nitrogens is 4. The summed E-state index contributed by atoms with van der Waals surface area (Å²) < 4.78 is 5.39. The van der Waals surface area contributed by atoms with Crippen LogP contribution in [-0.2, 0) is 4.74 Å². The van der Waals surface area contributed by atoms with Crippen LogP contribution in [0.2, 0.25) is 0 Å². The fourth-order valence-electron chi connectivity index (χ4n) is 3.96. The Morgan fingerprint density at radius 3 is 2.45 bits per heavy atom. The van der Waals surface area contributed by atoms with Gasteiger partial charge in [-0.2, -0.15) is 5.26 Å². The Morgan fingerprint density at radius 2 is 1.71 bits per heavy atom. The third-order valence-corrected chi connectivity index (χ3v) is 5.65. The molecule has 9 nitrogen and oxygen atoms in total. The maximum atomic E-state index is 9.62. The molecule has 2 N–H and O–H groups in total. The number of rotatable bonds is 4. The Bertz CT molecular complexity index is 1080. The molecule has 0 saturated carbocycles. The van der Waals surface area contributed by atoms with Gasteiger partial charge in [-0.15, -0.1) is 0 Å². The number of H-pyrrole nitrogens is 1. The summed E-state index contributed by atoms with van der Waals surface area (Å²) in [5.41, 5.74) is 4.18. The number of nitrogens with zero attached hydrogens (tertiary/aromatic N) is 6. The zero-order valence-corrected chi connectivity index (χ0v) is 17.2. The molecular formula is C22H24N8O. The van der Waals surface area contributed by atoms with Gasteiger partial charge < -0.3 is 24.8 Å². The van der Waals surface area contributed by atoms with Gasteiger partial charge >= 0.3 is 0 Å². The highest BCUT2D eigenvalue weighted by Gasteiger charge is 2.18. The summed E-state index contributed by atoms with van der Waals surface area (Å²) in [6.45, 7) is 6.59. The average molecular weight is 416 g/mol. The molecule has 0 unspecified atom stereocenters. The van der Waals surface area contributed by atoms with E-state index in [2.05, 4.69) is 41.1 Å². The van der Waals surface area contributed by atoms with Crippen LogP contribution < -0.4 is 15.1 Å². The van der Waals surface area contributed by atoms with Crippen LogP contribution in [0.15, 0.2) is 36.8 Å². The molecule has 5 rings (SSSR count). The number of nitriles is 1. The normalized spacial score (nSPS) is 16.9. The van der Waals surface area contributed by atoms with Crippen LogP contribution in [0, 0.1) is 11.3 Å². The number of anilines is 2. The lowest BCUT2D eigenvalue weighted by atomic mass is 10.1. The van der Waals surface area contributed by atoms with E-state index in [0.29, 0.717) is 24.7 Å². The van der Waals surface area contributed by atoms with Crippen LogP contribution in [0.4, 0.5) is 11.8 Å². The molecule has 2 saturated heterocycles. The van der Waals surface area contributed by atoms with Crippen molar-refractivity contribution >= 4 is 11.8 Å². The van der Waals surface area contributed by atoms with E-state index >= 15 is 0 Å². The molecule has 0 aliphatic carbocycles. The van der Waals surface area contributed by atoms with Gasteiger partial charge in [0.25, 0.3) is 0 Å². The van der Waals surface area contributed by atoms with Crippen molar-refractivity contribution in [3.05, 3.63) is 42.4 Å². The maximum absolute atomic E-state index is 9.62. The smallest absolute Gasteiger partial charge is 0.225 e. The van der Waals surface area contributed by atoms with E-state index in [1.165, 1.54) is 0 Å². The van der Waals surface area contributed by atoms with Gasteiger partial charge in [0.1, 0.15) is 11.9 Å². The standard InChI is InChI=1S/C22H24N8O/c23-13-17-12-20(28-21(17)29-5-3-24-4-6-29)16-1-2-25-19(11-16)18-14-26-22(27-15-18)30-7-9-31-10-8-30/h1-2,11-12,14-15,24,28H,3-10H2. The number of ether oxygens (including phenoxy) is 1. The molecule has 2 aliphatic heterocycles. The lowest BCUT2D eigenvalue weighted by molar-refractivity contribution is 0.122. The van der Waals surface area contributed by atoms with E-state index in [1.54, 1.807) is 6.20 Å². The van der Waals surface area contributed by atoms with Crippen LogP contribution in [0.3, 0.4) is 0 Å². The Hall–Kier alpha value is -3.48. The van der Waals surface area contributed by atoms with Gasteiger partial charge in [-0.1, -0.05) is 0 Å². The van der Waals surface area contributed by atoms with Gasteiger partial charge in [-0.25, -0.2) is 9.97 Å². The third kappa shape index (κ3) is 4.08. The van der Waals surface area contributed by atoms with E-state index in [4.69, 9.17) is 4.74 Å². The second-order valence-corrected chi connectivity index (χ2v) is 7.60. The highest BCUT2D eigenvalue weighted by molar-refractivity contribution is 5.72. The SMILES string of the molecule is N#Cc1cc(-c2ccnc(-c3cnc(N4CCOCC4)nc3)c2)[nH]c1N1CCNCC1. The van der Waals surface area contributed by atoms with Crippen molar-refractivity contribution in [2.45, 2.75) is 0 Å². The molecule has 9 heteroatoms. The zero-order chi connectivity index (χ0) is 21.0. The Labute approximate surface area is 180 Å². The van der Waals surface area contributed by atoms with E-state index in [9.17, 15) is 5.26 Å². The Morgan fingerprint density at radius 1 is 0.935 bits per heavy atom. The minimum Gasteiger partial charge on any atom is -0.378 e. The molecule has 0 aromatic carbocycles. The van der Waals surface area contributed by atoms with Crippen molar-refractivity contribution in [1.82, 2.24) is 25.3 Å². The fourth-order valence-corrected chi connectivity index (χ4v) is 3.96. The van der Waals surface area contributed by atoms with Gasteiger partial charge in [0, 0.05) is 74.7 Å². The van der Waals surface area contributed by atoms with Crippen LogP contribution in [0.1, 0.15) is 5.56 Å². The first-order valence-corrected chi connectivity index (χ1v) is 10.5. The summed E-state index contributed by atoms with van der Waals surface area (Å²) in [6.07, 6.45) is 5.40. The zero-order valence-electron chi connectivity index (χ0n) is 17.2. The number of pyridine rings is 1. The van der Waals surface area contributed by atoms with Crippen LogP contribution >= 0.6 is 0 Å². The van der Waals surface area contributed by atoms with E-state index in [1.807, 2.05) is 30.6 Å². The first kappa shape index (κ1) is 19.5. The molecule has 0 radical (unpaired) electrons. The molecule has 158 valence electrons. The molecular weight excluding hydrogens is 392 g/mol. The van der Waals surface area contributed by atoms with Crippen molar-refractivity contribution in [3.8, 4) is 28.6 Å². The largest absolute Gasteiger partial charge is 0.378 e. The lowest BCUT2D eigenvalue weighted by Crippen LogP contribution is -2.44. The van der Waals surface area contributed by atoms with Crippen LogP contribution in [0.25, 0.3) is 22.5 Å². The summed E-state index contributed by atoms with van der Waals surface area (Å²) in [7, 11) is 0. The predicted molar refractivity (Wildman–Crippen MR) is 118 cm³/mol. The molecule has 31 heavy (non-hydrogen) atoms. The maximum Gasteiger partial charge on any atom is 0.225 e. The van der Waals surface area contributed by atoms with Crippen molar-refractivity contribution < 1.29 is 4.74 Å². The van der Waals surface area contributed by atoms with Gasteiger partial charge in [0.15, 0.2) is 0 Å². The number of hydrogen-bond acceptors (Lipinski definition) is 8. The van der Waals surface area contributed by atoms with Crippen molar-refractivity contribution in [1.29, 1.82) is 5.26 Å². The summed E-state index contributed by atoms with van der Waals surface area (Å²) in [5, 5.41) is 13.0. The number of morpholine rings is 1. The van der Waals surface area contributed by atoms with E-state index in [0.717, 1.165) is 67.6 Å². The third-order valence-electron chi connectivity index (χ3n) is 5.65. The van der Waals surface area contributed by atoms with Crippen molar-refractivity contribution in [2.75, 3.05) is 62.3 Å². The number of nitrogens with one attached hydrogen (secondary N) is 2. The fraction of sp³-hybridized carbons (Fsp3) is 0.364. The second kappa shape index (κ2) is 8.71. The molecule has 5 heterocycles. The highest BCUT2D eigenvalue weighted by Crippen LogP contribution is 2.29. The molecule has 0 amide bonds. The van der Waals surface area contributed by atoms with E-state index in [-0.39, 0.29) is 0 Å². The summed E-state index contributed by atoms with van der Waals surface area (Å²) in [5.74, 6) is 1.60. The molecule has 3 aromatic rings. The first-order chi connectivity index (χ1) is 15.3. The first-order valence-electron chi connectivity index (χ1n) is 10.5. The van der Waals surface area contributed by atoms with Gasteiger partial charge in [0.2, 0.25) is 5.95 Å². The molecule has 0 spiro atoms. The summed E-state index contributed by atoms with van der Waals surface area (Å²) >= 11 is 0.